The van der Waals surface area contributed by atoms with E-state index in [1.807, 2.05) is 36.4 Å². The smallest absolute Gasteiger partial charge is 0.323 e. The predicted octanol–water partition coefficient (Wildman–Crippen LogP) is 4.10. The monoisotopic (exact) mass is 320 g/mol. The molecule has 0 aliphatic carbocycles. The molecule has 0 heterocycles. The van der Waals surface area contributed by atoms with Crippen molar-refractivity contribution in [3.63, 3.8) is 0 Å². The Bertz CT molecular complexity index is 587. The third-order valence-corrected chi connectivity index (χ3v) is 2.90. The van der Waals surface area contributed by atoms with Gasteiger partial charge in [-0.1, -0.05) is 28.1 Å². The SMILES string of the molecule is COc1cccc(NC(=O)Nc2cccc(Br)c2)c1. The molecule has 0 radical (unpaired) electrons. The minimum absolute atomic E-state index is 0.300. The standard InChI is InChI=1S/C14H13BrN2O2/c1-19-13-7-3-6-12(9-13)17-14(18)16-11-5-2-4-10(15)8-11/h2-9H,1H3,(H2,16,17,18). The summed E-state index contributed by atoms with van der Waals surface area (Å²) in [6.45, 7) is 0. The zero-order valence-electron chi connectivity index (χ0n) is 10.3. The summed E-state index contributed by atoms with van der Waals surface area (Å²) in [6.07, 6.45) is 0. The van der Waals surface area contributed by atoms with Crippen LogP contribution in [-0.4, -0.2) is 13.1 Å². The molecule has 2 aromatic rings. The Hall–Kier alpha value is -2.01. The molecule has 0 atom stereocenters. The lowest BCUT2D eigenvalue weighted by molar-refractivity contribution is 0.262. The number of hydrogen-bond donors (Lipinski definition) is 2. The van der Waals surface area contributed by atoms with Gasteiger partial charge in [-0.3, -0.25) is 0 Å². The molecule has 0 fully saturated rings. The van der Waals surface area contributed by atoms with E-state index in [-0.39, 0.29) is 6.03 Å². The van der Waals surface area contributed by atoms with E-state index in [1.165, 1.54) is 0 Å². The van der Waals surface area contributed by atoms with Crippen molar-refractivity contribution in [2.45, 2.75) is 0 Å². The van der Waals surface area contributed by atoms with Gasteiger partial charge in [0.15, 0.2) is 0 Å². The van der Waals surface area contributed by atoms with Crippen molar-refractivity contribution in [3.05, 3.63) is 53.0 Å². The maximum atomic E-state index is 11.8. The van der Waals surface area contributed by atoms with Crippen molar-refractivity contribution in [2.75, 3.05) is 17.7 Å². The molecule has 5 heteroatoms. The lowest BCUT2D eigenvalue weighted by Gasteiger charge is -2.09. The number of ether oxygens (including phenoxy) is 1. The minimum atomic E-state index is -0.300. The number of carbonyl (C=O) groups excluding carboxylic acids is 1. The minimum Gasteiger partial charge on any atom is -0.497 e. The van der Waals surface area contributed by atoms with Crippen LogP contribution in [0, 0.1) is 0 Å². The number of urea groups is 1. The fourth-order valence-electron chi connectivity index (χ4n) is 1.56. The molecule has 2 amide bonds. The first kappa shape index (κ1) is 13.4. The fourth-order valence-corrected chi connectivity index (χ4v) is 1.96. The molecular weight excluding hydrogens is 308 g/mol. The van der Waals surface area contributed by atoms with Crippen LogP contribution in [0.4, 0.5) is 16.2 Å². The fraction of sp³-hybridized carbons (Fsp3) is 0.0714. The van der Waals surface area contributed by atoms with Gasteiger partial charge >= 0.3 is 6.03 Å². The first-order chi connectivity index (χ1) is 9.17. The number of methoxy groups -OCH3 is 1. The van der Waals surface area contributed by atoms with Gasteiger partial charge in [0, 0.05) is 21.9 Å². The van der Waals surface area contributed by atoms with Crippen molar-refractivity contribution < 1.29 is 9.53 Å². The van der Waals surface area contributed by atoms with E-state index in [0.29, 0.717) is 11.4 Å². The van der Waals surface area contributed by atoms with Gasteiger partial charge in [0.1, 0.15) is 5.75 Å². The topological polar surface area (TPSA) is 50.4 Å². The molecule has 2 rings (SSSR count). The van der Waals surface area contributed by atoms with Crippen LogP contribution in [0.2, 0.25) is 0 Å². The lowest BCUT2D eigenvalue weighted by atomic mass is 10.3. The van der Waals surface area contributed by atoms with Crippen LogP contribution in [0.3, 0.4) is 0 Å². The largest absolute Gasteiger partial charge is 0.497 e. The maximum absolute atomic E-state index is 11.8. The molecule has 0 aliphatic rings. The van der Waals surface area contributed by atoms with E-state index >= 15 is 0 Å². The summed E-state index contributed by atoms with van der Waals surface area (Å²) in [5.74, 6) is 0.695. The average molecular weight is 321 g/mol. The van der Waals surface area contributed by atoms with Gasteiger partial charge in [-0.05, 0) is 30.3 Å². The van der Waals surface area contributed by atoms with Crippen LogP contribution in [0.1, 0.15) is 0 Å². The quantitative estimate of drug-likeness (QED) is 0.894. The van der Waals surface area contributed by atoms with Crippen molar-refractivity contribution in [1.82, 2.24) is 0 Å². The number of hydrogen-bond acceptors (Lipinski definition) is 2. The maximum Gasteiger partial charge on any atom is 0.323 e. The van der Waals surface area contributed by atoms with E-state index in [0.717, 1.165) is 10.2 Å². The first-order valence-corrected chi connectivity index (χ1v) is 6.44. The molecule has 2 aromatic carbocycles. The number of anilines is 2. The van der Waals surface area contributed by atoms with E-state index in [9.17, 15) is 4.79 Å². The van der Waals surface area contributed by atoms with Gasteiger partial charge in [-0.15, -0.1) is 0 Å². The summed E-state index contributed by atoms with van der Waals surface area (Å²) < 4.78 is 6.00. The van der Waals surface area contributed by atoms with Gasteiger partial charge in [0.2, 0.25) is 0 Å². The Kier molecular flexibility index (Phi) is 4.41. The molecule has 0 saturated carbocycles. The number of benzene rings is 2. The molecule has 0 aromatic heterocycles. The molecule has 0 saturated heterocycles. The molecule has 0 unspecified atom stereocenters. The first-order valence-electron chi connectivity index (χ1n) is 5.65. The molecular formula is C14H13BrN2O2. The van der Waals surface area contributed by atoms with Crippen LogP contribution in [0.5, 0.6) is 5.75 Å². The number of halogens is 1. The van der Waals surface area contributed by atoms with Crippen LogP contribution in [0.15, 0.2) is 53.0 Å². The van der Waals surface area contributed by atoms with E-state index in [4.69, 9.17) is 4.74 Å². The number of amides is 2. The molecule has 0 bridgehead atoms. The third-order valence-electron chi connectivity index (χ3n) is 2.41. The highest BCUT2D eigenvalue weighted by Crippen LogP contribution is 2.18. The summed E-state index contributed by atoms with van der Waals surface area (Å²) >= 11 is 3.35. The van der Waals surface area contributed by atoms with Gasteiger partial charge < -0.3 is 15.4 Å². The normalized spacial score (nSPS) is 9.79. The second-order valence-electron chi connectivity index (χ2n) is 3.82. The van der Waals surface area contributed by atoms with Gasteiger partial charge in [-0.2, -0.15) is 0 Å². The van der Waals surface area contributed by atoms with Crippen molar-refractivity contribution in [3.8, 4) is 5.75 Å². The Balaban J connectivity index is 2.01. The third kappa shape index (κ3) is 3.99. The zero-order chi connectivity index (χ0) is 13.7. The zero-order valence-corrected chi connectivity index (χ0v) is 11.9. The highest BCUT2D eigenvalue weighted by atomic mass is 79.9. The summed E-state index contributed by atoms with van der Waals surface area (Å²) in [7, 11) is 1.58. The highest BCUT2D eigenvalue weighted by molar-refractivity contribution is 9.10. The van der Waals surface area contributed by atoms with Gasteiger partial charge in [-0.25, -0.2) is 4.79 Å². The number of rotatable bonds is 3. The van der Waals surface area contributed by atoms with E-state index in [1.54, 1.807) is 19.2 Å². The van der Waals surface area contributed by atoms with Crippen LogP contribution in [0.25, 0.3) is 0 Å². The summed E-state index contributed by atoms with van der Waals surface area (Å²) in [6, 6.07) is 14.3. The Labute approximate surface area is 119 Å². The van der Waals surface area contributed by atoms with Crippen molar-refractivity contribution in [2.24, 2.45) is 0 Å². The molecule has 19 heavy (non-hydrogen) atoms. The number of carbonyl (C=O) groups is 1. The molecule has 4 nitrogen and oxygen atoms in total. The summed E-state index contributed by atoms with van der Waals surface area (Å²) in [5, 5.41) is 5.49. The molecule has 0 aliphatic heterocycles. The summed E-state index contributed by atoms with van der Waals surface area (Å²) in [5.41, 5.74) is 1.39. The van der Waals surface area contributed by atoms with Crippen molar-refractivity contribution in [1.29, 1.82) is 0 Å². The van der Waals surface area contributed by atoms with E-state index in [2.05, 4.69) is 26.6 Å². The Morgan fingerprint density at radius 1 is 1.05 bits per heavy atom. The molecule has 2 N–H and O–H groups in total. The second-order valence-corrected chi connectivity index (χ2v) is 4.74. The van der Waals surface area contributed by atoms with Crippen molar-refractivity contribution >= 4 is 33.3 Å². The highest BCUT2D eigenvalue weighted by Gasteiger charge is 2.03. The van der Waals surface area contributed by atoms with Crippen LogP contribution in [-0.2, 0) is 0 Å². The number of nitrogens with one attached hydrogen (secondary N) is 2. The second kappa shape index (κ2) is 6.24. The van der Waals surface area contributed by atoms with Crippen LogP contribution >= 0.6 is 15.9 Å². The lowest BCUT2D eigenvalue weighted by Crippen LogP contribution is -2.19. The molecule has 0 spiro atoms. The van der Waals surface area contributed by atoms with Gasteiger partial charge in [0.25, 0.3) is 0 Å². The van der Waals surface area contributed by atoms with Crippen LogP contribution < -0.4 is 15.4 Å². The molecule has 98 valence electrons. The Morgan fingerprint density at radius 3 is 2.32 bits per heavy atom. The van der Waals surface area contributed by atoms with Gasteiger partial charge in [0.05, 0.1) is 7.11 Å². The van der Waals surface area contributed by atoms with E-state index < -0.39 is 0 Å². The Morgan fingerprint density at radius 2 is 1.68 bits per heavy atom. The summed E-state index contributed by atoms with van der Waals surface area (Å²) in [4.78, 5) is 11.8. The average Bonchev–Trinajstić information content (AvgIpc) is 2.38. The predicted molar refractivity (Wildman–Crippen MR) is 79.8 cm³/mol.